The van der Waals surface area contributed by atoms with Gasteiger partial charge in [-0.15, -0.1) is 0 Å². The van der Waals surface area contributed by atoms with Crippen LogP contribution in [-0.4, -0.2) is 40.7 Å². The van der Waals surface area contributed by atoms with Gasteiger partial charge in [0.25, 0.3) is 11.8 Å². The highest BCUT2D eigenvalue weighted by molar-refractivity contribution is 7.07. The highest BCUT2D eigenvalue weighted by Gasteiger charge is 2.42. The van der Waals surface area contributed by atoms with Crippen LogP contribution in [0.2, 0.25) is 0 Å². The molecule has 4 rings (SSSR count). The van der Waals surface area contributed by atoms with Crippen LogP contribution in [-0.2, 0) is 6.42 Å². The third kappa shape index (κ3) is 6.91. The number of carbonyl (C=O) groups is 2. The average molecular weight is 565 g/mol. The summed E-state index contributed by atoms with van der Waals surface area (Å²) >= 11 is 1.47. The third-order valence-electron chi connectivity index (χ3n) is 6.05. The number of nitrogens with zero attached hydrogens (tertiary/aromatic N) is 2. The van der Waals surface area contributed by atoms with Crippen LogP contribution < -0.4 is 10.6 Å². The molecular formula is C29H23F3N4O3S. The fraction of sp³-hybridized carbons (Fsp3) is 0.172. The van der Waals surface area contributed by atoms with Crippen molar-refractivity contribution in [3.63, 3.8) is 0 Å². The lowest BCUT2D eigenvalue weighted by Crippen LogP contribution is -2.39. The minimum absolute atomic E-state index is 0.0240. The van der Waals surface area contributed by atoms with Crippen LogP contribution in [0.3, 0.4) is 0 Å². The highest BCUT2D eigenvalue weighted by Crippen LogP contribution is 2.33. The molecule has 7 nitrogen and oxygen atoms in total. The van der Waals surface area contributed by atoms with Crippen molar-refractivity contribution in [2.45, 2.75) is 24.7 Å². The van der Waals surface area contributed by atoms with Gasteiger partial charge in [0, 0.05) is 29.1 Å². The first-order valence-corrected chi connectivity index (χ1v) is 13.0. The lowest BCUT2D eigenvalue weighted by atomic mass is 9.95. The lowest BCUT2D eigenvalue weighted by molar-refractivity contribution is -0.155. The SMILES string of the molecule is N#Cc1ccccc1-c1cc(C(=O)NC(c2cccnc2)C(F)(F)F)cc(C(=O)N[C@H](CO)Cc2ccsc2)c1. The molecule has 0 fully saturated rings. The number of halogens is 3. The molecule has 11 heteroatoms. The lowest BCUT2D eigenvalue weighted by Gasteiger charge is -2.22. The van der Waals surface area contributed by atoms with Crippen molar-refractivity contribution in [3.05, 3.63) is 112 Å². The fourth-order valence-electron chi connectivity index (χ4n) is 4.12. The van der Waals surface area contributed by atoms with Gasteiger partial charge in [0.15, 0.2) is 6.04 Å². The van der Waals surface area contributed by atoms with Gasteiger partial charge in [-0.3, -0.25) is 14.6 Å². The monoisotopic (exact) mass is 564 g/mol. The van der Waals surface area contributed by atoms with E-state index in [-0.39, 0.29) is 28.9 Å². The number of nitriles is 1. The van der Waals surface area contributed by atoms with E-state index in [0.29, 0.717) is 17.5 Å². The van der Waals surface area contributed by atoms with Crippen molar-refractivity contribution in [1.29, 1.82) is 5.26 Å². The van der Waals surface area contributed by atoms with E-state index in [4.69, 9.17) is 0 Å². The maximum atomic E-state index is 13.9. The van der Waals surface area contributed by atoms with E-state index >= 15 is 0 Å². The normalized spacial score (nSPS) is 12.7. The van der Waals surface area contributed by atoms with Crippen LogP contribution in [0.1, 0.15) is 43.4 Å². The van der Waals surface area contributed by atoms with Crippen molar-refractivity contribution in [2.24, 2.45) is 0 Å². The molecule has 2 atom stereocenters. The second-order valence-electron chi connectivity index (χ2n) is 8.88. The smallest absolute Gasteiger partial charge is 0.394 e. The summed E-state index contributed by atoms with van der Waals surface area (Å²) in [5.41, 5.74) is 1.35. The number of amides is 2. The Hall–Kier alpha value is -4.53. The topological polar surface area (TPSA) is 115 Å². The molecule has 0 bridgehead atoms. The Morgan fingerprint density at radius 3 is 2.35 bits per heavy atom. The number of aliphatic hydroxyl groups excluding tert-OH is 1. The summed E-state index contributed by atoms with van der Waals surface area (Å²) in [6.07, 6.45) is -2.13. The van der Waals surface area contributed by atoms with Crippen molar-refractivity contribution in [2.75, 3.05) is 6.61 Å². The van der Waals surface area contributed by atoms with Gasteiger partial charge in [0.05, 0.1) is 24.3 Å². The zero-order valence-corrected chi connectivity index (χ0v) is 21.7. The molecule has 0 aliphatic rings. The summed E-state index contributed by atoms with van der Waals surface area (Å²) < 4.78 is 41.7. The molecule has 0 saturated heterocycles. The van der Waals surface area contributed by atoms with Crippen LogP contribution in [0, 0.1) is 11.3 Å². The number of thiophene rings is 1. The molecule has 3 N–H and O–H groups in total. The molecule has 4 aromatic rings. The second-order valence-corrected chi connectivity index (χ2v) is 9.66. The van der Waals surface area contributed by atoms with E-state index in [1.807, 2.05) is 28.2 Å². The number of hydrogen-bond donors (Lipinski definition) is 3. The summed E-state index contributed by atoms with van der Waals surface area (Å²) in [4.78, 5) is 30.2. The molecule has 2 amide bonds. The highest BCUT2D eigenvalue weighted by atomic mass is 32.1. The number of hydrogen-bond acceptors (Lipinski definition) is 6. The van der Waals surface area contributed by atoms with Gasteiger partial charge in [0.1, 0.15) is 0 Å². The number of rotatable bonds is 9. The van der Waals surface area contributed by atoms with Gasteiger partial charge in [0.2, 0.25) is 0 Å². The minimum atomic E-state index is -4.82. The Balaban J connectivity index is 1.71. The quantitative estimate of drug-likeness (QED) is 0.263. The number of alkyl halides is 3. The molecule has 1 unspecified atom stereocenters. The molecule has 0 radical (unpaired) electrons. The molecule has 2 heterocycles. The predicted octanol–water partition coefficient (Wildman–Crippen LogP) is 5.05. The molecular weight excluding hydrogens is 541 g/mol. The van der Waals surface area contributed by atoms with Crippen LogP contribution >= 0.6 is 11.3 Å². The fourth-order valence-corrected chi connectivity index (χ4v) is 4.80. The van der Waals surface area contributed by atoms with Gasteiger partial charge >= 0.3 is 6.18 Å². The van der Waals surface area contributed by atoms with Crippen LogP contribution in [0.5, 0.6) is 0 Å². The molecule has 0 spiro atoms. The largest absolute Gasteiger partial charge is 0.412 e. The van der Waals surface area contributed by atoms with Crippen LogP contribution in [0.25, 0.3) is 11.1 Å². The Labute approximate surface area is 231 Å². The van der Waals surface area contributed by atoms with E-state index < -0.39 is 30.1 Å². The predicted molar refractivity (Wildman–Crippen MR) is 143 cm³/mol. The Bertz CT molecular complexity index is 1520. The Morgan fingerprint density at radius 2 is 1.75 bits per heavy atom. The molecule has 204 valence electrons. The van der Waals surface area contributed by atoms with E-state index in [9.17, 15) is 33.1 Å². The van der Waals surface area contributed by atoms with Gasteiger partial charge in [-0.1, -0.05) is 24.3 Å². The second kappa shape index (κ2) is 12.5. The Morgan fingerprint density at radius 1 is 1.02 bits per heavy atom. The van der Waals surface area contributed by atoms with Crippen LogP contribution in [0.15, 0.2) is 83.8 Å². The van der Waals surface area contributed by atoms with E-state index in [1.165, 1.54) is 47.9 Å². The maximum Gasteiger partial charge on any atom is 0.412 e. The summed E-state index contributed by atoms with van der Waals surface area (Å²) in [5.74, 6) is -1.72. The maximum absolute atomic E-state index is 13.9. The number of nitrogens with one attached hydrogen (secondary N) is 2. The summed E-state index contributed by atoms with van der Waals surface area (Å²) in [6.45, 7) is -0.357. The molecule has 40 heavy (non-hydrogen) atoms. The number of benzene rings is 2. The molecule has 0 saturated carbocycles. The summed E-state index contributed by atoms with van der Waals surface area (Å²) in [7, 11) is 0. The van der Waals surface area contributed by atoms with Gasteiger partial charge in [-0.05, 0) is 70.3 Å². The van der Waals surface area contributed by atoms with Crippen molar-refractivity contribution in [1.82, 2.24) is 15.6 Å². The van der Waals surface area contributed by atoms with Crippen molar-refractivity contribution in [3.8, 4) is 17.2 Å². The van der Waals surface area contributed by atoms with E-state index in [1.54, 1.807) is 24.3 Å². The number of aromatic nitrogens is 1. The number of pyridine rings is 1. The van der Waals surface area contributed by atoms with Gasteiger partial charge in [-0.2, -0.15) is 29.8 Å². The third-order valence-corrected chi connectivity index (χ3v) is 6.79. The minimum Gasteiger partial charge on any atom is -0.394 e. The molecule has 2 aromatic carbocycles. The molecule has 2 aromatic heterocycles. The first-order valence-electron chi connectivity index (χ1n) is 12.0. The number of carbonyl (C=O) groups excluding carboxylic acids is 2. The average Bonchev–Trinajstić information content (AvgIpc) is 3.48. The number of aliphatic hydroxyl groups is 1. The zero-order valence-electron chi connectivity index (χ0n) is 20.9. The van der Waals surface area contributed by atoms with Gasteiger partial charge in [-0.25, -0.2) is 0 Å². The van der Waals surface area contributed by atoms with E-state index in [2.05, 4.69) is 10.3 Å². The standard InChI is InChI=1S/C29H23F3N4O3S/c30-29(31,32)26(20-5-3-8-34-15-20)36-28(39)23-12-21(25-6-2-1-4-19(25)14-33)11-22(13-23)27(38)35-24(16-37)10-18-7-9-40-17-18/h1-9,11-13,15,17,24,26,37H,10,16H2,(H,35,38)(H,36,39)/t24-,26?/m0/s1. The summed E-state index contributed by atoms with van der Waals surface area (Å²) in [6, 6.07) is 13.9. The van der Waals surface area contributed by atoms with Crippen molar-refractivity contribution >= 4 is 23.2 Å². The van der Waals surface area contributed by atoms with E-state index in [0.717, 1.165) is 11.8 Å². The van der Waals surface area contributed by atoms with Crippen LogP contribution in [0.4, 0.5) is 13.2 Å². The Kier molecular flexibility index (Phi) is 8.93. The molecule has 0 aliphatic heterocycles. The van der Waals surface area contributed by atoms with Gasteiger partial charge < -0.3 is 15.7 Å². The molecule has 0 aliphatic carbocycles. The summed E-state index contributed by atoms with van der Waals surface area (Å²) in [5, 5.41) is 27.9. The first kappa shape index (κ1) is 28.5. The van der Waals surface area contributed by atoms with Crippen molar-refractivity contribution < 1.29 is 27.9 Å². The first-order chi connectivity index (χ1) is 19.2. The zero-order chi connectivity index (χ0) is 28.7.